The van der Waals surface area contributed by atoms with Crippen LogP contribution in [-0.4, -0.2) is 34.1 Å². The Morgan fingerprint density at radius 3 is 2.00 bits per heavy atom. The predicted molar refractivity (Wildman–Crippen MR) is 57.5 cm³/mol. The lowest BCUT2D eigenvalue weighted by Gasteiger charge is -2.12. The average Bonchev–Trinajstić information content (AvgIpc) is 2.33. The van der Waals surface area contributed by atoms with E-state index in [4.69, 9.17) is 10.2 Å². The van der Waals surface area contributed by atoms with E-state index in [1.807, 2.05) is 0 Å². The fourth-order valence-electron chi connectivity index (χ4n) is 1.30. The molecule has 20 heavy (non-hydrogen) atoms. The Balaban J connectivity index is 2.95. The molecule has 0 heterocycles. The van der Waals surface area contributed by atoms with Gasteiger partial charge in [0.15, 0.2) is 17.5 Å². The van der Waals surface area contributed by atoms with E-state index in [0.717, 1.165) is 0 Å². The minimum Gasteiger partial charge on any atom is -0.481 e. The number of carboxylic acids is 2. The number of amides is 1. The summed E-state index contributed by atoms with van der Waals surface area (Å²) in [5, 5.41) is 18.9. The van der Waals surface area contributed by atoms with Crippen molar-refractivity contribution in [3.8, 4) is 0 Å². The summed E-state index contributed by atoms with van der Waals surface area (Å²) < 4.78 is 38.5. The van der Waals surface area contributed by atoms with Gasteiger partial charge in [-0.25, -0.2) is 18.0 Å². The first kappa shape index (κ1) is 15.5. The van der Waals surface area contributed by atoms with Crippen molar-refractivity contribution in [2.45, 2.75) is 12.5 Å². The number of nitrogens with one attached hydrogen (secondary N) is 1. The molecule has 0 fully saturated rings. The van der Waals surface area contributed by atoms with Crippen LogP contribution in [0.25, 0.3) is 0 Å². The van der Waals surface area contributed by atoms with Gasteiger partial charge in [-0.05, 0) is 12.1 Å². The first-order valence-electron chi connectivity index (χ1n) is 5.12. The number of hydrogen-bond donors (Lipinski definition) is 3. The van der Waals surface area contributed by atoms with Crippen LogP contribution < -0.4 is 5.32 Å². The summed E-state index contributed by atoms with van der Waals surface area (Å²) >= 11 is 0. The molecule has 1 rings (SSSR count). The molecule has 9 heteroatoms. The van der Waals surface area contributed by atoms with Crippen molar-refractivity contribution >= 4 is 17.8 Å². The third-order valence-electron chi connectivity index (χ3n) is 2.23. The van der Waals surface area contributed by atoms with Crippen molar-refractivity contribution in [1.82, 2.24) is 5.32 Å². The fourth-order valence-corrected chi connectivity index (χ4v) is 1.30. The Labute approximate surface area is 109 Å². The first-order valence-corrected chi connectivity index (χ1v) is 5.12. The molecular formula is C11H8F3NO5. The van der Waals surface area contributed by atoms with Crippen LogP contribution in [0.5, 0.6) is 0 Å². The predicted octanol–water partition coefficient (Wildman–Crippen LogP) is 0.762. The van der Waals surface area contributed by atoms with Gasteiger partial charge in [0.2, 0.25) is 0 Å². The van der Waals surface area contributed by atoms with E-state index >= 15 is 0 Å². The molecule has 1 aromatic rings. The molecule has 0 aliphatic heterocycles. The molecule has 3 N–H and O–H groups in total. The van der Waals surface area contributed by atoms with Gasteiger partial charge in [-0.15, -0.1) is 0 Å². The second-order valence-electron chi connectivity index (χ2n) is 3.72. The van der Waals surface area contributed by atoms with Gasteiger partial charge in [-0.2, -0.15) is 0 Å². The molecule has 0 radical (unpaired) electrons. The summed E-state index contributed by atoms with van der Waals surface area (Å²) in [6, 6.07) is -1.04. The van der Waals surface area contributed by atoms with Crippen molar-refractivity contribution < 1.29 is 37.8 Å². The van der Waals surface area contributed by atoms with Crippen molar-refractivity contribution in [2.75, 3.05) is 0 Å². The molecule has 1 amide bonds. The SMILES string of the molecule is O=C(O)CC(NC(=O)c1cc(F)c(F)c(F)c1)C(=O)O. The Kier molecular flexibility index (Phi) is 4.68. The number of carbonyl (C=O) groups excluding carboxylic acids is 1. The van der Waals surface area contributed by atoms with Crippen molar-refractivity contribution in [2.24, 2.45) is 0 Å². The Morgan fingerprint density at radius 1 is 1.10 bits per heavy atom. The fraction of sp³-hybridized carbons (Fsp3) is 0.182. The maximum Gasteiger partial charge on any atom is 0.326 e. The van der Waals surface area contributed by atoms with Crippen LogP contribution in [-0.2, 0) is 9.59 Å². The lowest BCUT2D eigenvalue weighted by atomic mass is 10.1. The minimum absolute atomic E-state index is 0.368. The highest BCUT2D eigenvalue weighted by Gasteiger charge is 2.24. The summed E-state index contributed by atoms with van der Waals surface area (Å²) in [5.41, 5.74) is -0.668. The molecule has 1 aromatic carbocycles. The lowest BCUT2D eigenvalue weighted by molar-refractivity contribution is -0.145. The van der Waals surface area contributed by atoms with E-state index in [-0.39, 0.29) is 0 Å². The Hall–Kier alpha value is -2.58. The number of aliphatic carboxylic acids is 2. The van der Waals surface area contributed by atoms with Gasteiger partial charge < -0.3 is 15.5 Å². The van der Waals surface area contributed by atoms with Crippen LogP contribution in [0.2, 0.25) is 0 Å². The largest absolute Gasteiger partial charge is 0.481 e. The average molecular weight is 291 g/mol. The van der Waals surface area contributed by atoms with Gasteiger partial charge in [0.25, 0.3) is 5.91 Å². The summed E-state index contributed by atoms with van der Waals surface area (Å²) in [4.78, 5) is 32.6. The Morgan fingerprint density at radius 2 is 1.60 bits per heavy atom. The second kappa shape index (κ2) is 6.04. The maximum atomic E-state index is 12.9. The van der Waals surface area contributed by atoms with Gasteiger partial charge in [0, 0.05) is 5.56 Å². The third-order valence-corrected chi connectivity index (χ3v) is 2.23. The highest BCUT2D eigenvalue weighted by molar-refractivity contribution is 5.97. The quantitative estimate of drug-likeness (QED) is 0.695. The third kappa shape index (κ3) is 3.70. The summed E-state index contributed by atoms with van der Waals surface area (Å²) in [7, 11) is 0. The van der Waals surface area contributed by atoms with Crippen LogP contribution in [0.4, 0.5) is 13.2 Å². The molecule has 6 nitrogen and oxygen atoms in total. The molecule has 0 spiro atoms. The minimum atomic E-state index is -1.78. The van der Waals surface area contributed by atoms with Gasteiger partial charge in [0.05, 0.1) is 6.42 Å². The second-order valence-corrected chi connectivity index (χ2v) is 3.72. The number of hydrogen-bond acceptors (Lipinski definition) is 3. The van der Waals surface area contributed by atoms with E-state index in [9.17, 15) is 27.6 Å². The summed E-state index contributed by atoms with van der Waals surface area (Å²) in [6.07, 6.45) is -0.923. The molecule has 108 valence electrons. The van der Waals surface area contributed by atoms with E-state index < -0.39 is 53.3 Å². The van der Waals surface area contributed by atoms with E-state index in [1.54, 1.807) is 5.32 Å². The molecule has 0 saturated carbocycles. The van der Waals surface area contributed by atoms with E-state index in [0.29, 0.717) is 12.1 Å². The van der Waals surface area contributed by atoms with E-state index in [1.165, 1.54) is 0 Å². The molecule has 0 saturated heterocycles. The molecule has 1 unspecified atom stereocenters. The van der Waals surface area contributed by atoms with Crippen molar-refractivity contribution in [3.63, 3.8) is 0 Å². The normalized spacial score (nSPS) is 11.8. The number of rotatable bonds is 5. The van der Waals surface area contributed by atoms with Gasteiger partial charge in [-0.1, -0.05) is 0 Å². The molecule has 0 bridgehead atoms. The van der Waals surface area contributed by atoms with Crippen LogP contribution in [0.1, 0.15) is 16.8 Å². The van der Waals surface area contributed by atoms with Gasteiger partial charge >= 0.3 is 11.9 Å². The molecular weight excluding hydrogens is 283 g/mol. The smallest absolute Gasteiger partial charge is 0.326 e. The van der Waals surface area contributed by atoms with Gasteiger partial charge in [0.1, 0.15) is 6.04 Å². The number of halogens is 3. The van der Waals surface area contributed by atoms with Crippen LogP contribution in [0, 0.1) is 17.5 Å². The number of benzene rings is 1. The highest BCUT2D eigenvalue weighted by atomic mass is 19.2. The highest BCUT2D eigenvalue weighted by Crippen LogP contribution is 2.13. The zero-order valence-electron chi connectivity index (χ0n) is 9.69. The monoisotopic (exact) mass is 291 g/mol. The number of carboxylic acid groups (broad SMARTS) is 2. The summed E-state index contributed by atoms with van der Waals surface area (Å²) in [6.45, 7) is 0. The Bertz CT molecular complexity index is 552. The van der Waals surface area contributed by atoms with Crippen LogP contribution in [0.15, 0.2) is 12.1 Å². The van der Waals surface area contributed by atoms with E-state index in [2.05, 4.69) is 0 Å². The molecule has 1 atom stereocenters. The van der Waals surface area contributed by atoms with Crippen LogP contribution in [0.3, 0.4) is 0 Å². The van der Waals surface area contributed by atoms with Crippen molar-refractivity contribution in [1.29, 1.82) is 0 Å². The lowest BCUT2D eigenvalue weighted by Crippen LogP contribution is -2.42. The first-order chi connectivity index (χ1) is 9.22. The maximum absolute atomic E-state index is 12.9. The zero-order chi connectivity index (χ0) is 15.4. The van der Waals surface area contributed by atoms with Crippen LogP contribution >= 0.6 is 0 Å². The topological polar surface area (TPSA) is 104 Å². The zero-order valence-corrected chi connectivity index (χ0v) is 9.69. The van der Waals surface area contributed by atoms with Gasteiger partial charge in [-0.3, -0.25) is 9.59 Å². The number of carbonyl (C=O) groups is 3. The summed E-state index contributed by atoms with van der Waals surface area (Å²) in [5.74, 6) is -9.39. The molecule has 0 aromatic heterocycles. The standard InChI is InChI=1S/C11H8F3NO5/c12-5-1-4(2-6(13)9(5)14)10(18)15-7(11(19)20)3-8(16)17/h1-2,7H,3H2,(H,15,18)(H,16,17)(H,19,20). The van der Waals surface area contributed by atoms with Crippen molar-refractivity contribution in [3.05, 3.63) is 35.1 Å². The molecule has 0 aliphatic carbocycles. The molecule has 0 aliphatic rings.